The molecule has 1 aliphatic rings. The zero-order chi connectivity index (χ0) is 18.5. The first-order valence-corrected chi connectivity index (χ1v) is 9.68. The van der Waals surface area contributed by atoms with E-state index in [0.717, 1.165) is 16.2 Å². The van der Waals surface area contributed by atoms with Crippen LogP contribution in [-0.2, 0) is 11.3 Å². The zero-order valence-corrected chi connectivity index (χ0v) is 15.8. The number of ether oxygens (including phenoxy) is 1. The number of piperazine rings is 1. The topological polar surface area (TPSA) is 49.9 Å². The lowest BCUT2D eigenvalue weighted by atomic mass is 10.1. The highest BCUT2D eigenvalue weighted by Crippen LogP contribution is 2.22. The van der Waals surface area contributed by atoms with E-state index < -0.39 is 0 Å². The van der Waals surface area contributed by atoms with Gasteiger partial charge in [0.05, 0.1) is 12.7 Å². The summed E-state index contributed by atoms with van der Waals surface area (Å²) in [6, 6.07) is 15.2. The second-order valence-corrected chi connectivity index (χ2v) is 6.94. The van der Waals surface area contributed by atoms with Crippen LogP contribution in [0.25, 0.3) is 0 Å². The van der Waals surface area contributed by atoms with Crippen molar-refractivity contribution in [2.24, 2.45) is 0 Å². The summed E-state index contributed by atoms with van der Waals surface area (Å²) in [7, 11) is 1.63. The van der Waals surface area contributed by atoms with Crippen LogP contribution >= 0.6 is 11.8 Å². The Morgan fingerprint density at radius 1 is 1.15 bits per heavy atom. The van der Waals surface area contributed by atoms with Crippen LogP contribution in [-0.4, -0.2) is 54.6 Å². The van der Waals surface area contributed by atoms with Gasteiger partial charge in [-0.05, 0) is 36.1 Å². The Morgan fingerprint density at radius 3 is 2.69 bits per heavy atom. The third-order valence-electron chi connectivity index (χ3n) is 4.45. The quantitative estimate of drug-likeness (QED) is 0.760. The number of nitrogens with zero attached hydrogens (tertiary/aromatic N) is 2. The molecular formula is C20H22N2O3S. The van der Waals surface area contributed by atoms with Gasteiger partial charge < -0.3 is 14.5 Å². The number of rotatable bonds is 5. The molecule has 2 amide bonds. The van der Waals surface area contributed by atoms with Crippen LogP contribution in [0.4, 0.5) is 0 Å². The highest BCUT2D eigenvalue weighted by molar-refractivity contribution is 7.98. The SMILES string of the molecule is COc1cccc(CN2CCN(C(=O)c3ccccc3SC)CC2=O)c1. The first-order valence-electron chi connectivity index (χ1n) is 8.45. The van der Waals surface area contributed by atoms with Crippen LogP contribution < -0.4 is 4.74 Å². The fourth-order valence-electron chi connectivity index (χ4n) is 3.03. The average molecular weight is 370 g/mol. The molecule has 0 bridgehead atoms. The number of hydrogen-bond acceptors (Lipinski definition) is 4. The van der Waals surface area contributed by atoms with Crippen LogP contribution in [0.15, 0.2) is 53.4 Å². The fraction of sp³-hybridized carbons (Fsp3) is 0.300. The highest BCUT2D eigenvalue weighted by Gasteiger charge is 2.28. The van der Waals surface area contributed by atoms with Gasteiger partial charge in [0, 0.05) is 24.5 Å². The van der Waals surface area contributed by atoms with Crippen molar-refractivity contribution in [3.8, 4) is 5.75 Å². The minimum Gasteiger partial charge on any atom is -0.497 e. The second-order valence-electron chi connectivity index (χ2n) is 6.09. The van der Waals surface area contributed by atoms with Gasteiger partial charge in [0.25, 0.3) is 5.91 Å². The van der Waals surface area contributed by atoms with E-state index in [1.807, 2.05) is 54.8 Å². The first kappa shape index (κ1) is 18.3. The van der Waals surface area contributed by atoms with E-state index in [1.165, 1.54) is 11.8 Å². The largest absolute Gasteiger partial charge is 0.497 e. The molecule has 0 N–H and O–H groups in total. The van der Waals surface area contributed by atoms with Gasteiger partial charge in [0.2, 0.25) is 5.91 Å². The minimum absolute atomic E-state index is 0.0333. The van der Waals surface area contributed by atoms with Crippen molar-refractivity contribution in [3.05, 3.63) is 59.7 Å². The van der Waals surface area contributed by atoms with Crippen LogP contribution in [0.1, 0.15) is 15.9 Å². The number of carbonyl (C=O) groups excluding carboxylic acids is 2. The third-order valence-corrected chi connectivity index (χ3v) is 5.25. The van der Waals surface area contributed by atoms with Gasteiger partial charge in [0.1, 0.15) is 12.3 Å². The van der Waals surface area contributed by atoms with E-state index in [4.69, 9.17) is 4.74 Å². The molecule has 0 atom stereocenters. The number of thioether (sulfide) groups is 1. The maximum atomic E-state index is 12.8. The predicted molar refractivity (Wildman–Crippen MR) is 103 cm³/mol. The summed E-state index contributed by atoms with van der Waals surface area (Å²) in [6.07, 6.45) is 1.95. The van der Waals surface area contributed by atoms with Gasteiger partial charge in [-0.3, -0.25) is 9.59 Å². The van der Waals surface area contributed by atoms with E-state index in [-0.39, 0.29) is 18.4 Å². The number of benzene rings is 2. The van der Waals surface area contributed by atoms with Crippen molar-refractivity contribution in [3.63, 3.8) is 0 Å². The molecule has 2 aromatic rings. The number of hydrogen-bond donors (Lipinski definition) is 0. The standard InChI is InChI=1S/C20H22N2O3S/c1-25-16-7-5-6-15(12-16)13-21-10-11-22(14-19(21)23)20(24)17-8-3-4-9-18(17)26-2/h3-9,12H,10-11,13-14H2,1-2H3. The molecule has 3 rings (SSSR count). The fourth-order valence-corrected chi connectivity index (χ4v) is 3.62. The van der Waals surface area contributed by atoms with Gasteiger partial charge in [-0.2, -0.15) is 0 Å². The maximum Gasteiger partial charge on any atom is 0.255 e. The molecule has 1 saturated heterocycles. The zero-order valence-electron chi connectivity index (χ0n) is 15.0. The molecule has 0 radical (unpaired) electrons. The molecule has 6 heteroatoms. The summed E-state index contributed by atoms with van der Waals surface area (Å²) in [5.74, 6) is 0.663. The van der Waals surface area contributed by atoms with Crippen molar-refractivity contribution < 1.29 is 14.3 Å². The Balaban J connectivity index is 1.66. The Hall–Kier alpha value is -2.47. The average Bonchev–Trinajstić information content (AvgIpc) is 2.69. The second kappa shape index (κ2) is 8.27. The highest BCUT2D eigenvalue weighted by atomic mass is 32.2. The van der Waals surface area contributed by atoms with E-state index in [1.54, 1.807) is 16.9 Å². The van der Waals surface area contributed by atoms with E-state index >= 15 is 0 Å². The summed E-state index contributed by atoms with van der Waals surface area (Å²) in [4.78, 5) is 29.7. The smallest absolute Gasteiger partial charge is 0.255 e. The minimum atomic E-state index is -0.0793. The molecule has 26 heavy (non-hydrogen) atoms. The van der Waals surface area contributed by atoms with Crippen LogP contribution in [0, 0.1) is 0 Å². The summed E-state index contributed by atoms with van der Waals surface area (Å²) < 4.78 is 5.23. The van der Waals surface area contributed by atoms with E-state index in [2.05, 4.69) is 0 Å². The number of carbonyl (C=O) groups is 2. The van der Waals surface area contributed by atoms with Gasteiger partial charge in [-0.25, -0.2) is 0 Å². The summed E-state index contributed by atoms with van der Waals surface area (Å²) in [6.45, 7) is 1.71. The monoisotopic (exact) mass is 370 g/mol. The molecule has 0 unspecified atom stereocenters. The van der Waals surface area contributed by atoms with Crippen LogP contribution in [0.2, 0.25) is 0 Å². The Kier molecular flexibility index (Phi) is 5.83. The predicted octanol–water partition coefficient (Wildman–Crippen LogP) is 2.90. The van der Waals surface area contributed by atoms with Crippen molar-refractivity contribution in [2.45, 2.75) is 11.4 Å². The van der Waals surface area contributed by atoms with Crippen molar-refractivity contribution in [1.82, 2.24) is 9.80 Å². The Labute approximate surface area is 157 Å². The van der Waals surface area contributed by atoms with Crippen molar-refractivity contribution in [2.75, 3.05) is 33.0 Å². The normalized spacial score (nSPS) is 14.5. The molecule has 0 spiro atoms. The van der Waals surface area contributed by atoms with Crippen molar-refractivity contribution in [1.29, 1.82) is 0 Å². The van der Waals surface area contributed by atoms with Crippen LogP contribution in [0.3, 0.4) is 0 Å². The molecule has 0 aliphatic carbocycles. The summed E-state index contributed by atoms with van der Waals surface area (Å²) in [5, 5.41) is 0. The molecule has 0 aromatic heterocycles. The molecule has 1 fully saturated rings. The van der Waals surface area contributed by atoms with Gasteiger partial charge in [0.15, 0.2) is 0 Å². The van der Waals surface area contributed by atoms with E-state index in [9.17, 15) is 9.59 Å². The molecule has 0 saturated carbocycles. The molecule has 2 aromatic carbocycles. The van der Waals surface area contributed by atoms with E-state index in [0.29, 0.717) is 25.2 Å². The van der Waals surface area contributed by atoms with Gasteiger partial charge in [-0.1, -0.05) is 24.3 Å². The number of amides is 2. The maximum absolute atomic E-state index is 12.8. The van der Waals surface area contributed by atoms with Gasteiger partial charge in [-0.15, -0.1) is 11.8 Å². The first-order chi connectivity index (χ1) is 12.6. The molecule has 1 heterocycles. The van der Waals surface area contributed by atoms with Gasteiger partial charge >= 0.3 is 0 Å². The molecular weight excluding hydrogens is 348 g/mol. The third kappa shape index (κ3) is 4.02. The molecule has 136 valence electrons. The summed E-state index contributed by atoms with van der Waals surface area (Å²) in [5.41, 5.74) is 1.68. The molecule has 5 nitrogen and oxygen atoms in total. The Morgan fingerprint density at radius 2 is 1.96 bits per heavy atom. The lowest BCUT2D eigenvalue weighted by Crippen LogP contribution is -2.51. The van der Waals surface area contributed by atoms with Crippen molar-refractivity contribution >= 4 is 23.6 Å². The summed E-state index contributed by atoms with van der Waals surface area (Å²) >= 11 is 1.54. The lowest BCUT2D eigenvalue weighted by molar-refractivity contribution is -0.135. The lowest BCUT2D eigenvalue weighted by Gasteiger charge is -2.34. The van der Waals surface area contributed by atoms with Crippen LogP contribution in [0.5, 0.6) is 5.75 Å². The molecule has 1 aliphatic heterocycles. The Bertz CT molecular complexity index is 809. The number of methoxy groups -OCH3 is 1.